The molecule has 0 unspecified atom stereocenters. The number of pyridine rings is 1. The van der Waals surface area contributed by atoms with Crippen LogP contribution >= 0.6 is 0 Å². The van der Waals surface area contributed by atoms with Crippen molar-refractivity contribution in [2.75, 3.05) is 5.73 Å². The average molecular weight is 228 g/mol. The molecule has 0 atom stereocenters. The van der Waals surface area contributed by atoms with E-state index in [0.717, 1.165) is 35.5 Å². The molecule has 0 amide bonds. The van der Waals surface area contributed by atoms with Crippen LogP contribution in [0.15, 0.2) is 24.7 Å². The summed E-state index contributed by atoms with van der Waals surface area (Å²) in [5.41, 5.74) is 9.56. The average Bonchev–Trinajstić information content (AvgIpc) is 2.39. The van der Waals surface area contributed by atoms with Crippen LogP contribution in [0.1, 0.15) is 25.1 Å². The van der Waals surface area contributed by atoms with Gasteiger partial charge in [0.2, 0.25) is 0 Å². The van der Waals surface area contributed by atoms with Gasteiger partial charge in [-0.3, -0.25) is 4.98 Å². The molecule has 0 aliphatic rings. The highest BCUT2D eigenvalue weighted by Gasteiger charge is 2.08. The largest absolute Gasteiger partial charge is 0.396 e. The second kappa shape index (κ2) is 4.91. The van der Waals surface area contributed by atoms with E-state index in [9.17, 15) is 0 Å². The zero-order chi connectivity index (χ0) is 12.3. The molecule has 0 spiro atoms. The molecule has 0 saturated carbocycles. The minimum absolute atomic E-state index is 0.656. The molecule has 4 heteroatoms. The second-order valence-electron chi connectivity index (χ2n) is 3.84. The summed E-state index contributed by atoms with van der Waals surface area (Å²) >= 11 is 0. The van der Waals surface area contributed by atoms with Crippen LogP contribution in [0.3, 0.4) is 0 Å². The van der Waals surface area contributed by atoms with E-state index in [1.807, 2.05) is 19.2 Å². The molecular weight excluding hydrogens is 212 g/mol. The van der Waals surface area contributed by atoms with E-state index in [4.69, 9.17) is 5.73 Å². The summed E-state index contributed by atoms with van der Waals surface area (Å²) in [7, 11) is 0. The molecule has 0 aliphatic carbocycles. The highest BCUT2D eigenvalue weighted by molar-refractivity contribution is 5.60. The second-order valence-corrected chi connectivity index (χ2v) is 3.84. The van der Waals surface area contributed by atoms with Gasteiger partial charge < -0.3 is 5.73 Å². The maximum Gasteiger partial charge on any atom is 0.159 e. The SMILES string of the molecule is CCc1cnccc1-c1ncc(N)c(CC)n1. The third kappa shape index (κ3) is 2.25. The highest BCUT2D eigenvalue weighted by Crippen LogP contribution is 2.21. The molecule has 2 aromatic rings. The smallest absolute Gasteiger partial charge is 0.159 e. The van der Waals surface area contributed by atoms with Crippen LogP contribution in [0.25, 0.3) is 11.4 Å². The van der Waals surface area contributed by atoms with Gasteiger partial charge in [0.25, 0.3) is 0 Å². The third-order valence-electron chi connectivity index (χ3n) is 2.76. The number of aromatic nitrogens is 3. The van der Waals surface area contributed by atoms with Crippen molar-refractivity contribution in [2.45, 2.75) is 26.7 Å². The molecule has 0 bridgehead atoms. The van der Waals surface area contributed by atoms with E-state index in [1.54, 1.807) is 12.4 Å². The van der Waals surface area contributed by atoms with Crippen molar-refractivity contribution >= 4 is 5.69 Å². The Balaban J connectivity index is 2.53. The minimum atomic E-state index is 0.656. The normalized spacial score (nSPS) is 10.5. The van der Waals surface area contributed by atoms with Crippen molar-refractivity contribution in [3.05, 3.63) is 35.9 Å². The minimum Gasteiger partial charge on any atom is -0.396 e. The maximum atomic E-state index is 5.81. The molecule has 0 radical (unpaired) electrons. The number of hydrogen-bond acceptors (Lipinski definition) is 4. The number of anilines is 1. The lowest BCUT2D eigenvalue weighted by Gasteiger charge is -2.08. The summed E-state index contributed by atoms with van der Waals surface area (Å²) in [6.07, 6.45) is 7.04. The summed E-state index contributed by atoms with van der Waals surface area (Å²) in [6, 6.07) is 1.95. The first kappa shape index (κ1) is 11.5. The molecule has 2 heterocycles. The topological polar surface area (TPSA) is 64.7 Å². The molecule has 88 valence electrons. The Morgan fingerprint density at radius 2 is 2.00 bits per heavy atom. The third-order valence-corrected chi connectivity index (χ3v) is 2.76. The Kier molecular flexibility index (Phi) is 3.32. The molecule has 0 aliphatic heterocycles. The number of hydrogen-bond donors (Lipinski definition) is 1. The lowest BCUT2D eigenvalue weighted by atomic mass is 10.1. The highest BCUT2D eigenvalue weighted by atomic mass is 14.9. The Hall–Kier alpha value is -1.97. The predicted molar refractivity (Wildman–Crippen MR) is 68.4 cm³/mol. The van der Waals surface area contributed by atoms with Crippen LogP contribution in [0.2, 0.25) is 0 Å². The zero-order valence-corrected chi connectivity index (χ0v) is 10.1. The van der Waals surface area contributed by atoms with Crippen LogP contribution in [0, 0.1) is 0 Å². The van der Waals surface area contributed by atoms with Crippen LogP contribution in [0.5, 0.6) is 0 Å². The lowest BCUT2D eigenvalue weighted by molar-refractivity contribution is 1.00. The van der Waals surface area contributed by atoms with Gasteiger partial charge in [-0.25, -0.2) is 9.97 Å². The van der Waals surface area contributed by atoms with E-state index in [1.165, 1.54) is 0 Å². The van der Waals surface area contributed by atoms with Gasteiger partial charge in [0.1, 0.15) is 0 Å². The Bertz CT molecular complexity index is 523. The monoisotopic (exact) mass is 228 g/mol. The van der Waals surface area contributed by atoms with Gasteiger partial charge in [-0.05, 0) is 24.5 Å². The standard InChI is InChI=1S/C13H16N4/c1-3-9-7-15-6-5-10(9)13-16-8-11(14)12(4-2)17-13/h5-8H,3-4,14H2,1-2H3. The van der Waals surface area contributed by atoms with Crippen LogP contribution in [-0.4, -0.2) is 15.0 Å². The van der Waals surface area contributed by atoms with Crippen molar-refractivity contribution in [3.8, 4) is 11.4 Å². The van der Waals surface area contributed by atoms with E-state index in [2.05, 4.69) is 21.9 Å². The fourth-order valence-electron chi connectivity index (χ4n) is 1.77. The maximum absolute atomic E-state index is 5.81. The Morgan fingerprint density at radius 1 is 1.18 bits per heavy atom. The van der Waals surface area contributed by atoms with Gasteiger partial charge in [0.15, 0.2) is 5.82 Å². The molecular formula is C13H16N4. The fourth-order valence-corrected chi connectivity index (χ4v) is 1.77. The van der Waals surface area contributed by atoms with Crippen molar-refractivity contribution in [3.63, 3.8) is 0 Å². The van der Waals surface area contributed by atoms with Gasteiger partial charge >= 0.3 is 0 Å². The summed E-state index contributed by atoms with van der Waals surface area (Å²) in [4.78, 5) is 12.9. The zero-order valence-electron chi connectivity index (χ0n) is 10.1. The Morgan fingerprint density at radius 3 is 2.71 bits per heavy atom. The lowest BCUT2D eigenvalue weighted by Crippen LogP contribution is -2.02. The molecule has 17 heavy (non-hydrogen) atoms. The summed E-state index contributed by atoms with van der Waals surface area (Å²) < 4.78 is 0. The van der Waals surface area contributed by atoms with Gasteiger partial charge in [-0.2, -0.15) is 0 Å². The molecule has 2 rings (SSSR count). The van der Waals surface area contributed by atoms with Crippen molar-refractivity contribution in [1.82, 2.24) is 15.0 Å². The number of rotatable bonds is 3. The van der Waals surface area contributed by atoms with E-state index in [0.29, 0.717) is 5.69 Å². The van der Waals surface area contributed by atoms with Crippen LogP contribution in [0.4, 0.5) is 5.69 Å². The first-order valence-electron chi connectivity index (χ1n) is 5.80. The summed E-state index contributed by atoms with van der Waals surface area (Å²) in [5.74, 6) is 0.732. The van der Waals surface area contributed by atoms with Crippen molar-refractivity contribution in [1.29, 1.82) is 0 Å². The summed E-state index contributed by atoms with van der Waals surface area (Å²) in [5, 5.41) is 0. The van der Waals surface area contributed by atoms with Gasteiger partial charge in [-0.1, -0.05) is 13.8 Å². The Labute approximate surface area is 101 Å². The number of nitrogens with zero attached hydrogens (tertiary/aromatic N) is 3. The molecule has 0 fully saturated rings. The van der Waals surface area contributed by atoms with Gasteiger partial charge in [0, 0.05) is 18.0 Å². The van der Waals surface area contributed by atoms with Crippen molar-refractivity contribution < 1.29 is 0 Å². The fraction of sp³-hybridized carbons (Fsp3) is 0.308. The number of aryl methyl sites for hydroxylation is 2. The number of nitrogens with two attached hydrogens (primary N) is 1. The van der Waals surface area contributed by atoms with Crippen LogP contribution < -0.4 is 5.73 Å². The number of nitrogen functional groups attached to an aromatic ring is 1. The predicted octanol–water partition coefficient (Wildman–Crippen LogP) is 2.25. The molecule has 4 nitrogen and oxygen atoms in total. The summed E-state index contributed by atoms with van der Waals surface area (Å²) in [6.45, 7) is 4.13. The molecule has 2 aromatic heterocycles. The van der Waals surface area contributed by atoms with Gasteiger partial charge in [-0.15, -0.1) is 0 Å². The van der Waals surface area contributed by atoms with Gasteiger partial charge in [0.05, 0.1) is 17.6 Å². The first-order chi connectivity index (χ1) is 8.26. The van der Waals surface area contributed by atoms with E-state index in [-0.39, 0.29) is 0 Å². The molecule has 0 aromatic carbocycles. The molecule has 2 N–H and O–H groups in total. The van der Waals surface area contributed by atoms with Crippen molar-refractivity contribution in [2.24, 2.45) is 0 Å². The van der Waals surface area contributed by atoms with E-state index >= 15 is 0 Å². The first-order valence-corrected chi connectivity index (χ1v) is 5.80. The van der Waals surface area contributed by atoms with E-state index < -0.39 is 0 Å². The van der Waals surface area contributed by atoms with Crippen LogP contribution in [-0.2, 0) is 12.8 Å². The molecule has 0 saturated heterocycles. The quantitative estimate of drug-likeness (QED) is 0.875.